The van der Waals surface area contributed by atoms with Gasteiger partial charge in [0.2, 0.25) is 0 Å². The lowest BCUT2D eigenvalue weighted by Crippen LogP contribution is -2.45. The third-order valence-electron chi connectivity index (χ3n) is 5.29. The van der Waals surface area contributed by atoms with Crippen LogP contribution in [0.4, 0.5) is 5.82 Å². The number of pyridine rings is 1. The first kappa shape index (κ1) is 26.0. The van der Waals surface area contributed by atoms with Crippen molar-refractivity contribution in [2.75, 3.05) is 58.8 Å². The minimum Gasteiger partial charge on any atom is -0.493 e. The summed E-state index contributed by atoms with van der Waals surface area (Å²) in [4.78, 5) is 13.7. The SMILES string of the molecule is CN=C(NCc1cccnc1N1CCN(C)CC1)NCC(C)Oc1ccccc1OC.I. The average Bonchev–Trinajstić information content (AvgIpc) is 2.80. The molecule has 1 aliphatic rings. The fourth-order valence-corrected chi connectivity index (χ4v) is 3.49. The molecule has 0 aliphatic carbocycles. The number of hydrogen-bond acceptors (Lipinski definition) is 6. The van der Waals surface area contributed by atoms with Gasteiger partial charge in [-0.15, -0.1) is 24.0 Å². The highest BCUT2D eigenvalue weighted by Crippen LogP contribution is 2.26. The number of rotatable bonds is 8. The Balaban J connectivity index is 0.00000363. The molecule has 1 atom stereocenters. The van der Waals surface area contributed by atoms with Crippen molar-refractivity contribution < 1.29 is 9.47 Å². The predicted molar refractivity (Wildman–Crippen MR) is 141 cm³/mol. The van der Waals surface area contributed by atoms with E-state index in [1.165, 1.54) is 0 Å². The predicted octanol–water partition coefficient (Wildman–Crippen LogP) is 2.59. The summed E-state index contributed by atoms with van der Waals surface area (Å²) in [7, 11) is 5.57. The van der Waals surface area contributed by atoms with Gasteiger partial charge in [-0.3, -0.25) is 4.99 Å². The lowest BCUT2D eigenvalue weighted by Gasteiger charge is -2.34. The van der Waals surface area contributed by atoms with Crippen LogP contribution in [0.15, 0.2) is 47.6 Å². The van der Waals surface area contributed by atoms with Gasteiger partial charge in [-0.2, -0.15) is 0 Å². The molecule has 1 unspecified atom stereocenters. The number of hydrogen-bond donors (Lipinski definition) is 2. The molecule has 0 spiro atoms. The Hall–Kier alpha value is -2.27. The van der Waals surface area contributed by atoms with Crippen molar-refractivity contribution in [2.24, 2.45) is 4.99 Å². The Bertz CT molecular complexity index is 858. The van der Waals surface area contributed by atoms with Crippen molar-refractivity contribution in [1.82, 2.24) is 20.5 Å². The molecule has 2 heterocycles. The summed E-state index contributed by atoms with van der Waals surface area (Å²) in [6, 6.07) is 11.8. The third-order valence-corrected chi connectivity index (χ3v) is 5.29. The van der Waals surface area contributed by atoms with E-state index in [4.69, 9.17) is 9.47 Å². The van der Waals surface area contributed by atoms with Gasteiger partial charge < -0.3 is 29.9 Å². The molecule has 2 N–H and O–H groups in total. The molecule has 1 fully saturated rings. The van der Waals surface area contributed by atoms with E-state index in [0.29, 0.717) is 13.1 Å². The second-order valence-corrected chi connectivity index (χ2v) is 7.66. The summed E-state index contributed by atoms with van der Waals surface area (Å²) < 4.78 is 11.4. The lowest BCUT2D eigenvalue weighted by molar-refractivity contribution is 0.213. The molecule has 1 aromatic carbocycles. The zero-order chi connectivity index (χ0) is 22.1. The molecule has 2 aromatic rings. The van der Waals surface area contributed by atoms with E-state index in [1.54, 1.807) is 14.2 Å². The number of benzene rings is 1. The van der Waals surface area contributed by atoms with Crippen LogP contribution in [0, 0.1) is 0 Å². The second-order valence-electron chi connectivity index (χ2n) is 7.66. The molecule has 32 heavy (non-hydrogen) atoms. The number of guanidine groups is 1. The van der Waals surface area contributed by atoms with Crippen LogP contribution in [-0.4, -0.2) is 75.9 Å². The van der Waals surface area contributed by atoms with Crippen LogP contribution >= 0.6 is 24.0 Å². The molecule has 176 valence electrons. The van der Waals surface area contributed by atoms with Gasteiger partial charge in [-0.25, -0.2) is 4.98 Å². The molecule has 0 saturated carbocycles. The van der Waals surface area contributed by atoms with Crippen LogP contribution in [0.3, 0.4) is 0 Å². The van der Waals surface area contributed by atoms with E-state index in [9.17, 15) is 0 Å². The van der Waals surface area contributed by atoms with Gasteiger partial charge in [0.1, 0.15) is 11.9 Å². The van der Waals surface area contributed by atoms with Gasteiger partial charge in [0.15, 0.2) is 17.5 Å². The molecule has 3 rings (SSSR count). The van der Waals surface area contributed by atoms with E-state index < -0.39 is 0 Å². The quantitative estimate of drug-likeness (QED) is 0.295. The van der Waals surface area contributed by atoms with E-state index >= 15 is 0 Å². The fraction of sp³-hybridized carbons (Fsp3) is 0.478. The van der Waals surface area contributed by atoms with E-state index in [1.807, 2.05) is 43.5 Å². The largest absolute Gasteiger partial charge is 0.493 e. The van der Waals surface area contributed by atoms with Crippen molar-refractivity contribution in [2.45, 2.75) is 19.6 Å². The topological polar surface area (TPSA) is 74.3 Å². The molecule has 0 amide bonds. The Morgan fingerprint density at radius 3 is 2.50 bits per heavy atom. The van der Waals surface area contributed by atoms with Crippen LogP contribution < -0.4 is 25.0 Å². The number of aromatic nitrogens is 1. The summed E-state index contributed by atoms with van der Waals surface area (Å²) in [5.74, 6) is 3.23. The van der Waals surface area contributed by atoms with Crippen molar-refractivity contribution in [1.29, 1.82) is 0 Å². The smallest absolute Gasteiger partial charge is 0.191 e. The van der Waals surface area contributed by atoms with E-state index in [-0.39, 0.29) is 30.1 Å². The normalized spacial score (nSPS) is 15.5. The maximum absolute atomic E-state index is 6.01. The van der Waals surface area contributed by atoms with Crippen LogP contribution in [0.5, 0.6) is 11.5 Å². The maximum Gasteiger partial charge on any atom is 0.191 e. The van der Waals surface area contributed by atoms with Gasteiger partial charge in [0.05, 0.1) is 13.7 Å². The molecule has 9 heteroatoms. The van der Waals surface area contributed by atoms with E-state index in [2.05, 4.69) is 43.5 Å². The van der Waals surface area contributed by atoms with Crippen LogP contribution in [0.1, 0.15) is 12.5 Å². The van der Waals surface area contributed by atoms with Crippen molar-refractivity contribution in [3.05, 3.63) is 48.2 Å². The number of methoxy groups -OCH3 is 1. The first-order valence-corrected chi connectivity index (χ1v) is 10.7. The Morgan fingerprint density at radius 2 is 1.81 bits per heavy atom. The van der Waals surface area contributed by atoms with Gasteiger partial charge in [0.25, 0.3) is 0 Å². The number of anilines is 1. The Labute approximate surface area is 208 Å². The van der Waals surface area contributed by atoms with Gasteiger partial charge in [-0.1, -0.05) is 18.2 Å². The summed E-state index contributed by atoms with van der Waals surface area (Å²) in [5.41, 5.74) is 1.16. The van der Waals surface area contributed by atoms with E-state index in [0.717, 1.165) is 55.0 Å². The zero-order valence-electron chi connectivity index (χ0n) is 19.4. The van der Waals surface area contributed by atoms with Crippen LogP contribution in [0.25, 0.3) is 0 Å². The monoisotopic (exact) mass is 554 g/mol. The zero-order valence-corrected chi connectivity index (χ0v) is 21.7. The number of likely N-dealkylation sites (N-methyl/N-ethyl adjacent to an activating group) is 1. The molecule has 1 aliphatic heterocycles. The minimum absolute atomic E-state index is 0. The number of para-hydroxylation sites is 2. The molecule has 1 saturated heterocycles. The number of piperazine rings is 1. The standard InChI is InChI=1S/C23H34N6O2.HI/c1-18(31-21-10-6-5-9-20(21)30-4)16-26-23(24-2)27-17-19-8-7-11-25-22(19)29-14-12-28(3)13-15-29;/h5-11,18H,12-17H2,1-4H3,(H2,24,26,27);1H. The number of nitrogens with one attached hydrogen (secondary N) is 2. The number of ether oxygens (including phenoxy) is 2. The number of halogens is 1. The summed E-state index contributed by atoms with van der Waals surface area (Å²) in [6.45, 7) is 7.36. The van der Waals surface area contributed by atoms with Crippen molar-refractivity contribution in [3.8, 4) is 11.5 Å². The van der Waals surface area contributed by atoms with Gasteiger partial charge in [0, 0.05) is 51.5 Å². The summed E-state index contributed by atoms with van der Waals surface area (Å²) in [6.07, 6.45) is 1.80. The highest BCUT2D eigenvalue weighted by molar-refractivity contribution is 14.0. The van der Waals surface area contributed by atoms with Crippen LogP contribution in [0.2, 0.25) is 0 Å². The summed E-state index contributed by atoms with van der Waals surface area (Å²) in [5, 5.41) is 6.73. The Kier molecular flexibility index (Phi) is 10.8. The molecular weight excluding hydrogens is 519 g/mol. The van der Waals surface area contributed by atoms with Gasteiger partial charge in [-0.05, 0) is 32.2 Å². The molecular formula is C23H35IN6O2. The molecule has 0 radical (unpaired) electrons. The van der Waals surface area contributed by atoms with Crippen molar-refractivity contribution in [3.63, 3.8) is 0 Å². The second kappa shape index (κ2) is 13.3. The maximum atomic E-state index is 6.01. The molecule has 1 aromatic heterocycles. The highest BCUT2D eigenvalue weighted by atomic mass is 127. The highest BCUT2D eigenvalue weighted by Gasteiger charge is 2.18. The minimum atomic E-state index is -0.0610. The Morgan fingerprint density at radius 1 is 1.09 bits per heavy atom. The molecule has 8 nitrogen and oxygen atoms in total. The number of nitrogens with zero attached hydrogens (tertiary/aromatic N) is 4. The van der Waals surface area contributed by atoms with Crippen molar-refractivity contribution >= 4 is 35.8 Å². The van der Waals surface area contributed by atoms with Crippen LogP contribution in [-0.2, 0) is 6.54 Å². The number of aliphatic imine (C=N–C) groups is 1. The first-order valence-electron chi connectivity index (χ1n) is 10.7. The first-order chi connectivity index (χ1) is 15.1. The summed E-state index contributed by atoms with van der Waals surface area (Å²) >= 11 is 0. The fourth-order valence-electron chi connectivity index (χ4n) is 3.49. The third kappa shape index (κ3) is 7.40. The average molecular weight is 554 g/mol. The lowest BCUT2D eigenvalue weighted by atomic mass is 10.2. The molecule has 0 bridgehead atoms. The van der Waals surface area contributed by atoms with Gasteiger partial charge >= 0.3 is 0 Å².